The van der Waals surface area contributed by atoms with Gasteiger partial charge in [-0.2, -0.15) is 0 Å². The maximum Gasteiger partial charge on any atom is 0.404 e. The zero-order valence-electron chi connectivity index (χ0n) is 20.3. The summed E-state index contributed by atoms with van der Waals surface area (Å²) in [6, 6.07) is -1.00. The third-order valence-corrected chi connectivity index (χ3v) is 6.91. The minimum atomic E-state index is -1.07. The molecule has 3 heterocycles. The number of nitrogens with zero attached hydrogens (tertiary/aromatic N) is 3. The van der Waals surface area contributed by atoms with Crippen molar-refractivity contribution in [3.63, 3.8) is 0 Å². The maximum absolute atomic E-state index is 13.1. The van der Waals surface area contributed by atoms with E-state index in [4.69, 9.17) is 24.8 Å². The number of thioether (sulfide) groups is 1. The molecule has 0 aromatic carbocycles. The minimum Gasteiger partial charge on any atom is -0.445 e. The molecule has 14 nitrogen and oxygen atoms in total. The Kier molecular flexibility index (Phi) is 8.75. The summed E-state index contributed by atoms with van der Waals surface area (Å²) < 4.78 is 14.9. The SMILES string of the molecule is CO/N=C(\C(=O)NC1C(=O)N2C(C(=O)OCOC(=O)C(C)(C)C)=C(COC(N)=O)CS[C@H]12)c1cscn1. The van der Waals surface area contributed by atoms with E-state index >= 15 is 0 Å². The van der Waals surface area contributed by atoms with Crippen molar-refractivity contribution < 1.29 is 43.0 Å². The number of aromatic nitrogens is 1. The highest BCUT2D eigenvalue weighted by Gasteiger charge is 2.55. The number of carbonyl (C=O) groups excluding carboxylic acids is 5. The van der Waals surface area contributed by atoms with E-state index in [1.54, 1.807) is 26.2 Å². The zero-order valence-corrected chi connectivity index (χ0v) is 22.0. The molecule has 0 aliphatic carbocycles. The number of nitrogens with two attached hydrogens (primary N) is 1. The zero-order chi connectivity index (χ0) is 27.3. The number of β-lactam (4-membered cyclic amide) rings is 1. The Hall–Kier alpha value is -3.66. The van der Waals surface area contributed by atoms with Gasteiger partial charge >= 0.3 is 18.0 Å². The van der Waals surface area contributed by atoms with Crippen LogP contribution in [0.1, 0.15) is 26.5 Å². The predicted molar refractivity (Wildman–Crippen MR) is 130 cm³/mol. The van der Waals surface area contributed by atoms with Crippen molar-refractivity contribution in [3.05, 3.63) is 27.9 Å². The molecule has 2 atom stereocenters. The summed E-state index contributed by atoms with van der Waals surface area (Å²) in [4.78, 5) is 71.8. The highest BCUT2D eigenvalue weighted by atomic mass is 32.2. The Morgan fingerprint density at radius 3 is 2.57 bits per heavy atom. The number of ether oxygens (including phenoxy) is 3. The smallest absolute Gasteiger partial charge is 0.404 e. The first kappa shape index (κ1) is 27.9. The van der Waals surface area contributed by atoms with Gasteiger partial charge in [0.2, 0.25) is 6.79 Å². The van der Waals surface area contributed by atoms with Crippen molar-refractivity contribution in [1.29, 1.82) is 0 Å². The molecule has 3 N–H and O–H groups in total. The molecule has 2 aliphatic heterocycles. The lowest BCUT2D eigenvalue weighted by atomic mass is 9.98. The summed E-state index contributed by atoms with van der Waals surface area (Å²) in [5, 5.41) is 7.21. The van der Waals surface area contributed by atoms with Gasteiger partial charge in [0.1, 0.15) is 36.5 Å². The number of nitrogens with one attached hydrogen (secondary N) is 1. The molecular formula is C21H25N5O9S2. The second-order valence-corrected chi connectivity index (χ2v) is 10.5. The van der Waals surface area contributed by atoms with Crippen LogP contribution in [0.2, 0.25) is 0 Å². The van der Waals surface area contributed by atoms with Gasteiger partial charge in [0.05, 0.1) is 10.9 Å². The molecule has 0 spiro atoms. The molecule has 1 fully saturated rings. The fraction of sp³-hybridized carbons (Fsp3) is 0.476. The lowest BCUT2D eigenvalue weighted by Crippen LogP contribution is -2.71. The van der Waals surface area contributed by atoms with E-state index in [1.165, 1.54) is 35.7 Å². The molecule has 1 unspecified atom stereocenters. The number of rotatable bonds is 9. The molecule has 0 radical (unpaired) electrons. The largest absolute Gasteiger partial charge is 0.445 e. The molecule has 1 aromatic rings. The molecular weight excluding hydrogens is 530 g/mol. The summed E-state index contributed by atoms with van der Waals surface area (Å²) in [5.41, 5.74) is 5.95. The second-order valence-electron chi connectivity index (χ2n) is 8.65. The van der Waals surface area contributed by atoms with Crippen molar-refractivity contribution >= 4 is 58.7 Å². The van der Waals surface area contributed by atoms with E-state index in [1.807, 2.05) is 0 Å². The Morgan fingerprint density at radius 1 is 1.24 bits per heavy atom. The van der Waals surface area contributed by atoms with Gasteiger partial charge in [-0.05, 0) is 20.8 Å². The molecule has 200 valence electrons. The van der Waals surface area contributed by atoms with Gasteiger partial charge < -0.3 is 30.1 Å². The fourth-order valence-corrected chi connectivity index (χ4v) is 5.06. The van der Waals surface area contributed by atoms with Gasteiger partial charge in [-0.15, -0.1) is 23.1 Å². The van der Waals surface area contributed by atoms with Crippen LogP contribution >= 0.6 is 23.1 Å². The third kappa shape index (κ3) is 6.37. The Morgan fingerprint density at radius 2 is 1.97 bits per heavy atom. The van der Waals surface area contributed by atoms with Crippen LogP contribution in [0.25, 0.3) is 0 Å². The van der Waals surface area contributed by atoms with Crippen LogP contribution in [0.5, 0.6) is 0 Å². The highest BCUT2D eigenvalue weighted by Crippen LogP contribution is 2.40. The third-order valence-electron chi connectivity index (χ3n) is 4.98. The fourth-order valence-electron chi connectivity index (χ4n) is 3.20. The number of fused-ring (bicyclic) bond motifs is 1. The summed E-state index contributed by atoms with van der Waals surface area (Å²) in [7, 11) is 1.27. The molecule has 3 amide bonds. The van der Waals surface area contributed by atoms with E-state index in [2.05, 4.69) is 15.5 Å². The first-order valence-corrected chi connectivity index (χ1v) is 12.7. The number of carbonyl (C=O) groups is 5. The molecule has 37 heavy (non-hydrogen) atoms. The predicted octanol–water partition coefficient (Wildman–Crippen LogP) is 0.333. The van der Waals surface area contributed by atoms with Gasteiger partial charge in [0.15, 0.2) is 5.71 Å². The molecule has 1 saturated heterocycles. The van der Waals surface area contributed by atoms with E-state index in [0.29, 0.717) is 0 Å². The van der Waals surface area contributed by atoms with Gasteiger partial charge in [-0.25, -0.2) is 14.6 Å². The Labute approximate surface area is 219 Å². The van der Waals surface area contributed by atoms with E-state index in [0.717, 1.165) is 4.90 Å². The van der Waals surface area contributed by atoms with E-state index in [9.17, 15) is 24.0 Å². The van der Waals surface area contributed by atoms with Crippen LogP contribution in [0.4, 0.5) is 4.79 Å². The first-order chi connectivity index (χ1) is 17.5. The van der Waals surface area contributed by atoms with Gasteiger partial charge in [0.25, 0.3) is 11.8 Å². The van der Waals surface area contributed by atoms with Crippen LogP contribution in [0, 0.1) is 5.41 Å². The van der Waals surface area contributed by atoms with Crippen molar-refractivity contribution in [2.45, 2.75) is 32.2 Å². The van der Waals surface area contributed by atoms with Crippen LogP contribution in [0.15, 0.2) is 27.3 Å². The molecule has 3 rings (SSSR count). The Balaban J connectivity index is 1.76. The normalized spacial score (nSPS) is 19.4. The van der Waals surface area contributed by atoms with Crippen LogP contribution < -0.4 is 11.1 Å². The first-order valence-electron chi connectivity index (χ1n) is 10.7. The number of esters is 2. The lowest BCUT2D eigenvalue weighted by Gasteiger charge is -2.49. The Bertz CT molecular complexity index is 1140. The number of primary amides is 1. The van der Waals surface area contributed by atoms with E-state index < -0.39 is 53.5 Å². The maximum atomic E-state index is 13.1. The molecule has 1 aromatic heterocycles. The molecule has 0 bridgehead atoms. The standard InChI is InChI=1S/C21H25N5O9S2/c1-21(2,3)19(30)35-9-34-18(29)14-10(5-33-20(22)31)6-37-17-13(16(28)26(14)17)24-15(27)12(25-32-4)11-7-36-8-23-11/h7-8,13,17H,5-6,9H2,1-4H3,(H2,22,31)(H,24,27)/b25-12-/t13?,17-/m1/s1. The summed E-state index contributed by atoms with van der Waals surface area (Å²) in [6.07, 6.45) is -1.07. The van der Waals surface area contributed by atoms with Gasteiger partial charge in [-0.1, -0.05) is 5.16 Å². The topological polar surface area (TPSA) is 189 Å². The number of amides is 3. The van der Waals surface area contributed by atoms with Crippen molar-refractivity contribution in [3.8, 4) is 0 Å². The molecule has 2 aliphatic rings. The minimum absolute atomic E-state index is 0.123. The monoisotopic (exact) mass is 555 g/mol. The van der Waals surface area contributed by atoms with Crippen molar-refractivity contribution in [2.75, 3.05) is 26.3 Å². The summed E-state index contributed by atoms with van der Waals surface area (Å²) in [5.74, 6) is -2.73. The van der Waals surface area contributed by atoms with Crippen LogP contribution in [-0.4, -0.2) is 83.1 Å². The van der Waals surface area contributed by atoms with E-state index in [-0.39, 0.29) is 35.0 Å². The number of hydrogen-bond donors (Lipinski definition) is 2. The number of thiazole rings is 1. The summed E-state index contributed by atoms with van der Waals surface area (Å²) in [6.45, 7) is 3.84. The molecule has 0 saturated carbocycles. The highest BCUT2D eigenvalue weighted by molar-refractivity contribution is 8.00. The van der Waals surface area contributed by atoms with Crippen molar-refractivity contribution in [2.24, 2.45) is 16.3 Å². The molecule has 16 heteroatoms. The lowest BCUT2D eigenvalue weighted by molar-refractivity contribution is -0.173. The van der Waals surface area contributed by atoms with Crippen LogP contribution in [-0.2, 0) is 38.2 Å². The quantitative estimate of drug-likeness (QED) is 0.140. The van der Waals surface area contributed by atoms with Crippen molar-refractivity contribution in [1.82, 2.24) is 15.2 Å². The second kappa shape index (κ2) is 11.6. The summed E-state index contributed by atoms with van der Waals surface area (Å²) >= 11 is 2.47. The average molecular weight is 556 g/mol. The van der Waals surface area contributed by atoms with Gasteiger partial charge in [0, 0.05) is 16.7 Å². The number of hydrogen-bond acceptors (Lipinski definition) is 13. The van der Waals surface area contributed by atoms with Crippen LogP contribution in [0.3, 0.4) is 0 Å². The van der Waals surface area contributed by atoms with Gasteiger partial charge in [-0.3, -0.25) is 19.3 Å². The number of oxime groups is 1. The average Bonchev–Trinajstić information content (AvgIpc) is 3.37.